The Kier molecular flexibility index (Phi) is 21.8. The Bertz CT molecular complexity index is 1870. The highest BCUT2D eigenvalue weighted by atomic mass is 16.6. The van der Waals surface area contributed by atoms with E-state index in [1.54, 1.807) is 33.8 Å². The van der Waals surface area contributed by atoms with Crippen LogP contribution in [-0.2, 0) is 47.7 Å². The van der Waals surface area contributed by atoms with Crippen LogP contribution in [-0.4, -0.2) is 137 Å². The number of methoxy groups -OCH3 is 2. The summed E-state index contributed by atoms with van der Waals surface area (Å²) in [4.78, 5) is 71.8. The zero-order chi connectivity index (χ0) is 49.6. The molecular formula is C52H78N2O13. The van der Waals surface area contributed by atoms with Gasteiger partial charge in [-0.3, -0.25) is 19.2 Å². The first kappa shape index (κ1) is 55.7. The van der Waals surface area contributed by atoms with Crippen molar-refractivity contribution in [2.75, 3.05) is 27.4 Å². The summed E-state index contributed by atoms with van der Waals surface area (Å²) in [5.41, 5.74) is 7.99. The van der Waals surface area contributed by atoms with Gasteiger partial charge in [0.1, 0.15) is 36.7 Å². The molecule has 0 radical (unpaired) electrons. The van der Waals surface area contributed by atoms with Crippen LogP contribution in [0, 0.1) is 41.9 Å². The average Bonchev–Trinajstić information content (AvgIpc) is 3.30. The minimum Gasteiger partial charge on any atom is -0.459 e. The molecule has 4 aliphatic rings. The highest BCUT2D eigenvalue weighted by molar-refractivity contribution is 6.39. The van der Waals surface area contributed by atoms with Crippen molar-refractivity contribution in [1.29, 1.82) is 0 Å². The molecule has 2 saturated heterocycles. The topological polar surface area (TPSA) is 221 Å². The number of allylic oxidation sites excluding steroid dienone is 6. The number of carbonyl (C=O) groups excluding carboxylic acids is 5. The highest BCUT2D eigenvalue weighted by Gasteiger charge is 2.53. The molecule has 0 spiro atoms. The smallest absolute Gasteiger partial charge is 0.329 e. The number of hydrogen-bond donors (Lipinski definition) is 4. The Hall–Kier alpha value is -3.85. The summed E-state index contributed by atoms with van der Waals surface area (Å²) in [6.45, 7) is 10.6. The summed E-state index contributed by atoms with van der Waals surface area (Å²) >= 11 is 0. The first-order valence-electron chi connectivity index (χ1n) is 24.2. The van der Waals surface area contributed by atoms with Gasteiger partial charge >= 0.3 is 5.97 Å². The molecule has 15 atom stereocenters. The predicted molar refractivity (Wildman–Crippen MR) is 252 cm³/mol. The molecule has 0 aromatic carbocycles. The summed E-state index contributed by atoms with van der Waals surface area (Å²) in [7, 11) is 2.89. The number of Topliss-reactive ketones (excluding diaryl/α,β-unsaturated/α-hetero) is 3. The number of hydrogen-bond acceptors (Lipinski definition) is 14. The van der Waals surface area contributed by atoms with E-state index in [0.29, 0.717) is 63.4 Å². The number of rotatable bonds is 7. The second-order valence-electron chi connectivity index (χ2n) is 19.6. The largest absolute Gasteiger partial charge is 0.459 e. The fourth-order valence-corrected chi connectivity index (χ4v) is 9.96. The number of piperidine rings is 1. The average molecular weight is 939 g/mol. The number of cyclic esters (lactones) is 1. The molecule has 0 aromatic rings. The summed E-state index contributed by atoms with van der Waals surface area (Å²) in [6.07, 6.45) is 14.9. The summed E-state index contributed by atoms with van der Waals surface area (Å²) in [6, 6.07) is -2.06. The van der Waals surface area contributed by atoms with E-state index in [2.05, 4.69) is 5.92 Å². The number of ether oxygens (including phenoxy) is 5. The maximum atomic E-state index is 14.3. The third-order valence-electron chi connectivity index (χ3n) is 14.3. The van der Waals surface area contributed by atoms with Crippen LogP contribution in [0.1, 0.15) is 119 Å². The third-order valence-corrected chi connectivity index (χ3v) is 14.3. The SMILES string of the molecule is C#CCOC1C[C@@H]2CC[C@@H](C)[C@@](O)(O2)C(=O)C(=O)N2CCCC[C@H]2C(=O)O[C@H]([C@H](N)C[C@@H]2CC[C@@H](O)[C@H](OC)C2)CC(=O)[C@H](C)/C=C(\C)[C@@H](O)[C@@H](OC)C(=O)[C@H](C)C[C@H](C)/C=C/C=C/C=C/1C. The van der Waals surface area contributed by atoms with Crippen molar-refractivity contribution in [2.45, 2.75) is 179 Å². The minimum absolute atomic E-state index is 0.000104. The number of nitrogens with two attached hydrogens (primary N) is 1. The predicted octanol–water partition coefficient (Wildman–Crippen LogP) is 4.88. The number of esters is 1. The molecule has 1 aliphatic carbocycles. The maximum absolute atomic E-state index is 14.3. The van der Waals surface area contributed by atoms with E-state index in [4.69, 9.17) is 35.8 Å². The van der Waals surface area contributed by atoms with Crippen LogP contribution in [0.3, 0.4) is 0 Å². The Morgan fingerprint density at radius 1 is 0.925 bits per heavy atom. The molecule has 3 aliphatic heterocycles. The number of aliphatic hydroxyl groups excluding tert-OH is 2. The van der Waals surface area contributed by atoms with E-state index < -0.39 is 96.0 Å². The minimum atomic E-state index is -2.49. The molecule has 2 bridgehead atoms. The lowest BCUT2D eigenvalue weighted by atomic mass is 9.80. The molecule has 1 amide bonds. The van der Waals surface area contributed by atoms with Crippen molar-refractivity contribution in [3.8, 4) is 12.3 Å². The molecule has 0 aromatic heterocycles. The van der Waals surface area contributed by atoms with Crippen LogP contribution in [0.25, 0.3) is 0 Å². The van der Waals surface area contributed by atoms with Crippen molar-refractivity contribution >= 4 is 29.2 Å². The molecule has 67 heavy (non-hydrogen) atoms. The zero-order valence-corrected chi connectivity index (χ0v) is 41.0. The van der Waals surface area contributed by atoms with Gasteiger partial charge in [0.2, 0.25) is 5.79 Å². The number of carbonyl (C=O) groups is 5. The van der Waals surface area contributed by atoms with Crippen LogP contribution in [0.15, 0.2) is 47.6 Å². The van der Waals surface area contributed by atoms with Crippen molar-refractivity contribution in [1.82, 2.24) is 4.90 Å². The van der Waals surface area contributed by atoms with Gasteiger partial charge in [0.25, 0.3) is 11.7 Å². The number of amides is 1. The van der Waals surface area contributed by atoms with Crippen LogP contribution < -0.4 is 5.73 Å². The third kappa shape index (κ3) is 15.1. The van der Waals surface area contributed by atoms with Gasteiger partial charge in [-0.2, -0.15) is 0 Å². The van der Waals surface area contributed by atoms with Gasteiger partial charge in [0, 0.05) is 57.4 Å². The first-order valence-corrected chi connectivity index (χ1v) is 24.2. The summed E-state index contributed by atoms with van der Waals surface area (Å²) in [5.74, 6) is -5.82. The molecule has 4 rings (SSSR count). The quantitative estimate of drug-likeness (QED) is 0.116. The Morgan fingerprint density at radius 3 is 2.34 bits per heavy atom. The number of nitrogens with zero attached hydrogens (tertiary/aromatic N) is 1. The van der Waals surface area contributed by atoms with Crippen LogP contribution in [0.5, 0.6) is 0 Å². The number of terminal acetylenes is 1. The van der Waals surface area contributed by atoms with E-state index >= 15 is 0 Å². The van der Waals surface area contributed by atoms with E-state index in [1.807, 2.05) is 44.2 Å². The molecule has 15 heteroatoms. The van der Waals surface area contributed by atoms with Crippen molar-refractivity contribution in [3.05, 3.63) is 47.6 Å². The molecule has 374 valence electrons. The zero-order valence-electron chi connectivity index (χ0n) is 41.0. The highest BCUT2D eigenvalue weighted by Crippen LogP contribution is 2.37. The molecule has 3 heterocycles. The Morgan fingerprint density at radius 2 is 1.66 bits per heavy atom. The van der Waals surface area contributed by atoms with Crippen LogP contribution in [0.2, 0.25) is 0 Å². The van der Waals surface area contributed by atoms with Gasteiger partial charge in [0.05, 0.1) is 24.4 Å². The second kappa shape index (κ2) is 26.2. The first-order chi connectivity index (χ1) is 31.7. The second-order valence-corrected chi connectivity index (χ2v) is 19.6. The Labute approximate surface area is 397 Å². The lowest BCUT2D eigenvalue weighted by molar-refractivity contribution is -0.265. The number of fused-ring (bicyclic) bond motifs is 3. The molecule has 3 fully saturated rings. The summed E-state index contributed by atoms with van der Waals surface area (Å²) in [5, 5.41) is 33.9. The molecule has 1 saturated carbocycles. The normalized spacial score (nSPS) is 39.4. The van der Waals surface area contributed by atoms with Crippen LogP contribution >= 0.6 is 0 Å². The fourth-order valence-electron chi connectivity index (χ4n) is 9.96. The van der Waals surface area contributed by atoms with E-state index in [1.165, 1.54) is 14.2 Å². The summed E-state index contributed by atoms with van der Waals surface area (Å²) < 4.78 is 29.4. The van der Waals surface area contributed by atoms with Gasteiger partial charge in [-0.15, -0.1) is 6.42 Å². The van der Waals surface area contributed by atoms with Gasteiger partial charge in [-0.05, 0) is 101 Å². The number of ketones is 3. The van der Waals surface area contributed by atoms with E-state index in [0.717, 1.165) is 10.5 Å². The Balaban J connectivity index is 1.72. The van der Waals surface area contributed by atoms with Gasteiger partial charge in [-0.1, -0.05) is 70.1 Å². The molecule has 15 nitrogen and oxygen atoms in total. The lowest BCUT2D eigenvalue weighted by Gasteiger charge is -2.42. The van der Waals surface area contributed by atoms with Crippen molar-refractivity contribution < 1.29 is 63.0 Å². The molecule has 1 unspecified atom stereocenters. The van der Waals surface area contributed by atoms with Gasteiger partial charge in [0.15, 0.2) is 5.78 Å². The number of aliphatic hydroxyl groups is 3. The lowest BCUT2D eigenvalue weighted by Crippen LogP contribution is -2.61. The van der Waals surface area contributed by atoms with E-state index in [9.17, 15) is 39.3 Å². The van der Waals surface area contributed by atoms with Crippen molar-refractivity contribution in [2.24, 2.45) is 35.3 Å². The van der Waals surface area contributed by atoms with Crippen molar-refractivity contribution in [3.63, 3.8) is 0 Å². The van der Waals surface area contributed by atoms with Gasteiger partial charge < -0.3 is 49.6 Å². The molecular weight excluding hydrogens is 861 g/mol. The monoisotopic (exact) mass is 939 g/mol. The fraction of sp³-hybridized carbons (Fsp3) is 0.712. The van der Waals surface area contributed by atoms with Crippen LogP contribution in [0.4, 0.5) is 0 Å². The van der Waals surface area contributed by atoms with Gasteiger partial charge in [-0.25, -0.2) is 4.79 Å². The standard InChI is InChI=1S/C52H78N2O13/c1-10-24-65-43-29-38-21-19-36(7)52(62,67-38)49(59)50(60)54-23-15-14-18-40(54)51(61)66-44(39(53)27-37-20-22-41(55)45(28-37)63-8)30-42(56)33(4)26-35(6)47(58)48(64-9)46(57)34(5)25-31(2)16-12-11-13-17-32(43)3/h1,11-13,16-17,26,31,33-34,36-41,43-45,47-48,55,58,62H,14-15,18-25,27-30,53H2,2-9H3/b13-11+,16-12+,32-17+,35-26+/t31-,33-,34-,36-,37+,38+,39-,40+,41-,43?,44+,45-,47-,48+,52-/m1/s1. The maximum Gasteiger partial charge on any atom is 0.329 e. The van der Waals surface area contributed by atoms with E-state index in [-0.39, 0.29) is 55.8 Å². The molecule has 5 N–H and O–H groups in total.